The molecule has 1 aromatic carbocycles. The molecule has 21 heavy (non-hydrogen) atoms. The number of hydrogen-bond donors (Lipinski definition) is 1. The highest BCUT2D eigenvalue weighted by Gasteiger charge is 2.19. The number of aliphatic hydroxyl groups is 1. The van der Waals surface area contributed by atoms with Crippen molar-refractivity contribution in [3.8, 4) is 11.5 Å². The number of ether oxygens (including phenoxy) is 1. The van der Waals surface area contributed by atoms with E-state index in [0.717, 1.165) is 0 Å². The zero-order chi connectivity index (χ0) is 15.8. The number of rotatable bonds is 3. The van der Waals surface area contributed by atoms with Crippen molar-refractivity contribution < 1.29 is 14.2 Å². The lowest BCUT2D eigenvalue weighted by Crippen LogP contribution is -2.17. The van der Waals surface area contributed by atoms with E-state index in [1.165, 1.54) is 12.1 Å². The predicted molar refractivity (Wildman–Crippen MR) is 83.1 cm³/mol. The Kier molecular flexibility index (Phi) is 4.35. The molecule has 0 radical (unpaired) electrons. The Morgan fingerprint density at radius 3 is 2.24 bits per heavy atom. The summed E-state index contributed by atoms with van der Waals surface area (Å²) in [6, 6.07) is 6.28. The lowest BCUT2D eigenvalue weighted by molar-refractivity contribution is 0.0736. The van der Waals surface area contributed by atoms with Crippen molar-refractivity contribution >= 4 is 15.9 Å². The Labute approximate surface area is 131 Å². The minimum absolute atomic E-state index is 0.285. The maximum Gasteiger partial charge on any atom is 0.160 e. The Morgan fingerprint density at radius 2 is 1.76 bits per heavy atom. The lowest BCUT2D eigenvalue weighted by Gasteiger charge is -2.18. The number of hydrogen-bond acceptors (Lipinski definition) is 3. The van der Waals surface area contributed by atoms with Crippen LogP contribution in [0.4, 0.5) is 4.39 Å². The van der Waals surface area contributed by atoms with Crippen LogP contribution in [0.5, 0.6) is 11.5 Å². The summed E-state index contributed by atoms with van der Waals surface area (Å²) in [4.78, 5) is 4.29. The van der Waals surface area contributed by atoms with Crippen molar-refractivity contribution in [2.24, 2.45) is 0 Å². The van der Waals surface area contributed by atoms with Crippen LogP contribution in [0.25, 0.3) is 0 Å². The van der Waals surface area contributed by atoms with Crippen LogP contribution >= 0.6 is 15.9 Å². The van der Waals surface area contributed by atoms with Gasteiger partial charge in [0.05, 0.1) is 5.69 Å². The fourth-order valence-electron chi connectivity index (χ4n) is 2.01. The topological polar surface area (TPSA) is 42.4 Å². The van der Waals surface area contributed by atoms with Gasteiger partial charge in [-0.2, -0.15) is 0 Å². The molecule has 0 aliphatic rings. The molecule has 0 spiro atoms. The SMILES string of the molecule is Cc1cc(F)cc(C)c1Oc1ccc(C(C)(C)O)nc1Br. The Balaban J connectivity index is 2.37. The molecule has 0 saturated heterocycles. The summed E-state index contributed by atoms with van der Waals surface area (Å²) in [7, 11) is 0. The normalized spacial score (nSPS) is 11.6. The van der Waals surface area contributed by atoms with Gasteiger partial charge in [-0.1, -0.05) is 0 Å². The van der Waals surface area contributed by atoms with Crippen LogP contribution in [0.15, 0.2) is 28.9 Å². The third-order valence-corrected chi connectivity index (χ3v) is 3.65. The lowest BCUT2D eigenvalue weighted by atomic mass is 10.1. The van der Waals surface area contributed by atoms with E-state index in [9.17, 15) is 9.50 Å². The van der Waals surface area contributed by atoms with Gasteiger partial charge in [0.15, 0.2) is 5.75 Å². The summed E-state index contributed by atoms with van der Waals surface area (Å²) >= 11 is 3.34. The molecule has 1 aromatic heterocycles. The number of pyridine rings is 1. The molecule has 0 bridgehead atoms. The molecule has 1 N–H and O–H groups in total. The minimum Gasteiger partial charge on any atom is -0.454 e. The summed E-state index contributed by atoms with van der Waals surface area (Å²) in [6.07, 6.45) is 0. The predicted octanol–water partition coefficient (Wildman–Crippen LogP) is 4.62. The van der Waals surface area contributed by atoms with Gasteiger partial charge in [-0.15, -0.1) is 0 Å². The molecule has 3 nitrogen and oxygen atoms in total. The zero-order valence-corrected chi connectivity index (χ0v) is 14.0. The van der Waals surface area contributed by atoms with Crippen LogP contribution in [0.2, 0.25) is 0 Å². The molecule has 112 valence electrons. The van der Waals surface area contributed by atoms with E-state index in [1.54, 1.807) is 39.8 Å². The maximum absolute atomic E-state index is 13.3. The first kappa shape index (κ1) is 15.9. The highest BCUT2D eigenvalue weighted by Crippen LogP contribution is 2.34. The van der Waals surface area contributed by atoms with Gasteiger partial charge in [-0.25, -0.2) is 9.37 Å². The van der Waals surface area contributed by atoms with E-state index >= 15 is 0 Å². The first-order chi connectivity index (χ1) is 9.68. The van der Waals surface area contributed by atoms with Crippen LogP contribution in [-0.4, -0.2) is 10.1 Å². The average molecular weight is 354 g/mol. The van der Waals surface area contributed by atoms with E-state index in [2.05, 4.69) is 20.9 Å². The molecule has 0 unspecified atom stereocenters. The van der Waals surface area contributed by atoms with Gasteiger partial charge in [0.2, 0.25) is 0 Å². The van der Waals surface area contributed by atoms with Gasteiger partial charge in [0, 0.05) is 0 Å². The van der Waals surface area contributed by atoms with Gasteiger partial charge in [0.25, 0.3) is 0 Å². The van der Waals surface area contributed by atoms with E-state index in [1.807, 2.05) is 0 Å². The van der Waals surface area contributed by atoms with E-state index in [0.29, 0.717) is 32.9 Å². The second-order valence-electron chi connectivity index (χ2n) is 5.52. The Hall–Kier alpha value is -1.46. The van der Waals surface area contributed by atoms with E-state index < -0.39 is 5.60 Å². The third kappa shape index (κ3) is 3.60. The first-order valence-corrected chi connectivity index (χ1v) is 7.32. The van der Waals surface area contributed by atoms with Crippen molar-refractivity contribution in [1.82, 2.24) is 4.98 Å². The molecule has 0 aliphatic carbocycles. The van der Waals surface area contributed by atoms with Crippen molar-refractivity contribution in [3.05, 3.63) is 51.5 Å². The fourth-order valence-corrected chi connectivity index (χ4v) is 2.41. The summed E-state index contributed by atoms with van der Waals surface area (Å²) in [6.45, 7) is 6.91. The quantitative estimate of drug-likeness (QED) is 0.818. The number of aromatic nitrogens is 1. The van der Waals surface area contributed by atoms with Crippen LogP contribution in [0.1, 0.15) is 30.7 Å². The van der Waals surface area contributed by atoms with Crippen molar-refractivity contribution in [2.75, 3.05) is 0 Å². The molecule has 1 heterocycles. The van der Waals surface area contributed by atoms with E-state index in [4.69, 9.17) is 4.74 Å². The Morgan fingerprint density at radius 1 is 1.19 bits per heavy atom. The van der Waals surface area contributed by atoms with Crippen LogP contribution in [-0.2, 0) is 5.60 Å². The average Bonchev–Trinajstić information content (AvgIpc) is 2.33. The third-order valence-electron chi connectivity index (χ3n) is 3.08. The molecular formula is C16H17BrFNO2. The monoisotopic (exact) mass is 353 g/mol. The highest BCUT2D eigenvalue weighted by molar-refractivity contribution is 9.10. The summed E-state index contributed by atoms with van der Waals surface area (Å²) < 4.78 is 19.6. The summed E-state index contributed by atoms with van der Waals surface area (Å²) in [5.41, 5.74) is 0.939. The molecule has 2 rings (SSSR count). The summed E-state index contributed by atoms with van der Waals surface area (Å²) in [5, 5.41) is 9.95. The second kappa shape index (κ2) is 5.73. The van der Waals surface area contributed by atoms with Crippen LogP contribution in [0, 0.1) is 19.7 Å². The van der Waals surface area contributed by atoms with Gasteiger partial charge >= 0.3 is 0 Å². The smallest absolute Gasteiger partial charge is 0.160 e. The molecule has 0 saturated carbocycles. The molecule has 5 heteroatoms. The van der Waals surface area contributed by atoms with Gasteiger partial charge in [-0.05, 0) is 79.0 Å². The van der Waals surface area contributed by atoms with E-state index in [-0.39, 0.29) is 5.82 Å². The summed E-state index contributed by atoms with van der Waals surface area (Å²) in [5.74, 6) is 0.836. The van der Waals surface area contributed by atoms with Crippen molar-refractivity contribution in [3.63, 3.8) is 0 Å². The molecule has 0 amide bonds. The molecule has 2 aromatic rings. The van der Waals surface area contributed by atoms with Crippen molar-refractivity contribution in [1.29, 1.82) is 0 Å². The Bertz CT molecular complexity index is 657. The zero-order valence-electron chi connectivity index (χ0n) is 12.4. The highest BCUT2D eigenvalue weighted by atomic mass is 79.9. The van der Waals surface area contributed by atoms with Gasteiger partial charge < -0.3 is 9.84 Å². The second-order valence-corrected chi connectivity index (χ2v) is 6.27. The number of aryl methyl sites for hydroxylation is 2. The number of benzene rings is 1. The standard InChI is InChI=1S/C16H17BrFNO2/c1-9-7-11(18)8-10(2)14(9)21-12-5-6-13(16(3,4)20)19-15(12)17/h5-8,20H,1-4H3. The fraction of sp³-hybridized carbons (Fsp3) is 0.312. The molecule has 0 atom stereocenters. The van der Waals surface area contributed by atoms with Crippen molar-refractivity contribution in [2.45, 2.75) is 33.3 Å². The minimum atomic E-state index is -1.03. The largest absolute Gasteiger partial charge is 0.454 e. The van der Waals surface area contributed by atoms with Gasteiger partial charge in [0.1, 0.15) is 21.8 Å². The molecule has 0 fully saturated rings. The molecular weight excluding hydrogens is 337 g/mol. The van der Waals surface area contributed by atoms with Crippen LogP contribution < -0.4 is 4.74 Å². The van der Waals surface area contributed by atoms with Crippen LogP contribution in [0.3, 0.4) is 0 Å². The first-order valence-electron chi connectivity index (χ1n) is 6.52. The number of halogens is 2. The van der Waals surface area contributed by atoms with Gasteiger partial charge in [-0.3, -0.25) is 0 Å². The molecule has 0 aliphatic heterocycles. The maximum atomic E-state index is 13.3. The number of nitrogens with zero attached hydrogens (tertiary/aromatic N) is 1.